The number of aromatic nitrogens is 1. The fourth-order valence-electron chi connectivity index (χ4n) is 2.25. The van der Waals surface area contributed by atoms with Crippen molar-refractivity contribution in [2.24, 2.45) is 11.8 Å². The normalized spacial score (nSPS) is 20.8. The van der Waals surface area contributed by atoms with Crippen LogP contribution < -0.4 is 5.32 Å². The van der Waals surface area contributed by atoms with Crippen LogP contribution in [-0.2, 0) is 4.79 Å². The second kappa shape index (κ2) is 5.02. The van der Waals surface area contributed by atoms with Gasteiger partial charge in [-0.3, -0.25) is 4.79 Å². The Morgan fingerprint density at radius 3 is 2.75 bits per heavy atom. The highest BCUT2D eigenvalue weighted by Crippen LogP contribution is 2.38. The van der Waals surface area contributed by atoms with Gasteiger partial charge in [-0.2, -0.15) is 0 Å². The molecule has 0 unspecified atom stereocenters. The highest BCUT2D eigenvalue weighted by Gasteiger charge is 2.39. The highest BCUT2D eigenvalue weighted by molar-refractivity contribution is 7.14. The number of amides is 1. The van der Waals surface area contributed by atoms with Gasteiger partial charge in [0, 0.05) is 16.9 Å². The van der Waals surface area contributed by atoms with E-state index in [2.05, 4.69) is 49.3 Å². The van der Waals surface area contributed by atoms with Gasteiger partial charge in [-0.1, -0.05) is 19.1 Å². The fraction of sp³-hybridized carbons (Fsp3) is 0.375. The molecule has 0 spiro atoms. The molecule has 3 rings (SSSR count). The number of carbonyl (C=O) groups is 1. The fourth-order valence-corrected chi connectivity index (χ4v) is 2.97. The Balaban J connectivity index is 1.76. The van der Waals surface area contributed by atoms with E-state index in [1.54, 1.807) is 0 Å². The molecule has 1 N–H and O–H groups in total. The van der Waals surface area contributed by atoms with Crippen molar-refractivity contribution in [1.29, 1.82) is 0 Å². The third-order valence-corrected chi connectivity index (χ3v) is 4.74. The Morgan fingerprint density at radius 1 is 1.35 bits per heavy atom. The van der Waals surface area contributed by atoms with E-state index in [0.29, 0.717) is 11.0 Å². The van der Waals surface area contributed by atoms with E-state index in [1.165, 1.54) is 22.5 Å². The van der Waals surface area contributed by atoms with Gasteiger partial charge in [-0.05, 0) is 43.4 Å². The molecule has 0 saturated heterocycles. The molecule has 4 heteroatoms. The van der Waals surface area contributed by atoms with Crippen LogP contribution in [0.25, 0.3) is 11.3 Å². The van der Waals surface area contributed by atoms with E-state index in [-0.39, 0.29) is 11.8 Å². The zero-order chi connectivity index (χ0) is 14.3. The number of anilines is 1. The van der Waals surface area contributed by atoms with Crippen LogP contribution in [0.3, 0.4) is 0 Å². The van der Waals surface area contributed by atoms with Crippen molar-refractivity contribution in [2.45, 2.75) is 27.2 Å². The third-order valence-electron chi connectivity index (χ3n) is 3.98. The number of hydrogen-bond donors (Lipinski definition) is 1. The number of rotatable bonds is 3. The van der Waals surface area contributed by atoms with E-state index >= 15 is 0 Å². The van der Waals surface area contributed by atoms with Gasteiger partial charge in [-0.15, -0.1) is 11.3 Å². The first-order valence-corrected chi connectivity index (χ1v) is 7.76. The van der Waals surface area contributed by atoms with Gasteiger partial charge >= 0.3 is 0 Å². The van der Waals surface area contributed by atoms with Crippen LogP contribution in [-0.4, -0.2) is 10.9 Å². The average molecular weight is 286 g/mol. The van der Waals surface area contributed by atoms with Crippen molar-refractivity contribution in [1.82, 2.24) is 4.98 Å². The van der Waals surface area contributed by atoms with Gasteiger partial charge in [-0.25, -0.2) is 4.98 Å². The second-order valence-corrected chi connectivity index (χ2v) is 6.50. The first-order valence-electron chi connectivity index (χ1n) is 6.88. The van der Waals surface area contributed by atoms with Crippen LogP contribution in [0.2, 0.25) is 0 Å². The summed E-state index contributed by atoms with van der Waals surface area (Å²) in [7, 11) is 0. The second-order valence-electron chi connectivity index (χ2n) is 5.65. The van der Waals surface area contributed by atoms with E-state index < -0.39 is 0 Å². The van der Waals surface area contributed by atoms with Crippen LogP contribution >= 0.6 is 11.3 Å². The van der Waals surface area contributed by atoms with Crippen molar-refractivity contribution in [3.8, 4) is 11.3 Å². The molecule has 2 atom stereocenters. The number of thiazole rings is 1. The molecular weight excluding hydrogens is 268 g/mol. The molecule has 1 fully saturated rings. The maximum Gasteiger partial charge on any atom is 0.229 e. The largest absolute Gasteiger partial charge is 0.302 e. The molecule has 1 saturated carbocycles. The zero-order valence-corrected chi connectivity index (χ0v) is 12.8. The number of hydrogen-bond acceptors (Lipinski definition) is 3. The molecule has 1 aromatic heterocycles. The highest BCUT2D eigenvalue weighted by atomic mass is 32.1. The van der Waals surface area contributed by atoms with E-state index in [0.717, 1.165) is 17.7 Å². The first-order chi connectivity index (χ1) is 9.54. The maximum absolute atomic E-state index is 11.9. The summed E-state index contributed by atoms with van der Waals surface area (Å²) in [4.78, 5) is 16.4. The lowest BCUT2D eigenvalue weighted by Crippen LogP contribution is -2.14. The van der Waals surface area contributed by atoms with E-state index in [9.17, 15) is 4.79 Å². The number of aryl methyl sites for hydroxylation is 2. The van der Waals surface area contributed by atoms with Gasteiger partial charge in [0.25, 0.3) is 0 Å². The molecule has 104 valence electrons. The molecule has 20 heavy (non-hydrogen) atoms. The topological polar surface area (TPSA) is 42.0 Å². The minimum Gasteiger partial charge on any atom is -0.302 e. The molecule has 3 nitrogen and oxygen atoms in total. The molecule has 1 amide bonds. The lowest BCUT2D eigenvalue weighted by atomic mass is 10.1. The average Bonchev–Trinajstić information content (AvgIpc) is 2.97. The standard InChI is InChI=1S/C16H18N2OS/c1-9-4-5-12(6-10(9)2)14-8-20-16(17-14)18-15(19)13-7-11(13)3/h4-6,8,11,13H,7H2,1-3H3,(H,17,18,19)/t11-,13+/m1/s1. The zero-order valence-electron chi connectivity index (χ0n) is 11.9. The van der Waals surface area contributed by atoms with E-state index in [1.807, 2.05) is 5.38 Å². The number of nitrogens with one attached hydrogen (secondary N) is 1. The Labute approximate surface area is 123 Å². The summed E-state index contributed by atoms with van der Waals surface area (Å²) in [5.41, 5.74) is 4.56. The van der Waals surface area contributed by atoms with Crippen molar-refractivity contribution < 1.29 is 4.79 Å². The Morgan fingerprint density at radius 2 is 2.10 bits per heavy atom. The molecule has 0 aliphatic heterocycles. The van der Waals surface area contributed by atoms with Crippen LogP contribution in [0.5, 0.6) is 0 Å². The summed E-state index contributed by atoms with van der Waals surface area (Å²) in [5.74, 6) is 0.816. The summed E-state index contributed by atoms with van der Waals surface area (Å²) in [5, 5.41) is 5.61. The van der Waals surface area contributed by atoms with Gasteiger partial charge in [0.1, 0.15) is 0 Å². The minimum atomic E-state index is 0.110. The number of benzene rings is 1. The quantitative estimate of drug-likeness (QED) is 0.926. The Kier molecular flexibility index (Phi) is 3.34. The lowest BCUT2D eigenvalue weighted by molar-refractivity contribution is -0.117. The predicted molar refractivity (Wildman–Crippen MR) is 82.9 cm³/mol. The Hall–Kier alpha value is -1.68. The van der Waals surface area contributed by atoms with Gasteiger partial charge in [0.15, 0.2) is 5.13 Å². The number of nitrogens with zero attached hydrogens (tertiary/aromatic N) is 1. The van der Waals surface area contributed by atoms with Crippen LogP contribution in [0.15, 0.2) is 23.6 Å². The molecule has 2 aromatic rings. The smallest absolute Gasteiger partial charge is 0.229 e. The molecule has 1 heterocycles. The summed E-state index contributed by atoms with van der Waals surface area (Å²) < 4.78 is 0. The first kappa shape index (κ1) is 13.3. The van der Waals surface area contributed by atoms with Crippen LogP contribution in [0.1, 0.15) is 24.5 Å². The monoisotopic (exact) mass is 286 g/mol. The summed E-state index contributed by atoms with van der Waals surface area (Å²) in [6, 6.07) is 6.32. The van der Waals surface area contributed by atoms with Gasteiger partial charge < -0.3 is 5.32 Å². The lowest BCUT2D eigenvalue weighted by Gasteiger charge is -2.02. The van der Waals surface area contributed by atoms with Gasteiger partial charge in [0.2, 0.25) is 5.91 Å². The molecule has 0 radical (unpaired) electrons. The molecule has 1 aromatic carbocycles. The van der Waals surface area contributed by atoms with Crippen molar-refractivity contribution >= 4 is 22.4 Å². The third kappa shape index (κ3) is 2.61. The molecule has 0 bridgehead atoms. The molecule has 1 aliphatic rings. The summed E-state index contributed by atoms with van der Waals surface area (Å²) in [6.45, 7) is 6.30. The van der Waals surface area contributed by atoms with Crippen LogP contribution in [0.4, 0.5) is 5.13 Å². The molecule has 1 aliphatic carbocycles. The minimum absolute atomic E-state index is 0.110. The van der Waals surface area contributed by atoms with Crippen LogP contribution in [0, 0.1) is 25.7 Å². The van der Waals surface area contributed by atoms with E-state index in [4.69, 9.17) is 0 Å². The van der Waals surface area contributed by atoms with Crippen molar-refractivity contribution in [3.63, 3.8) is 0 Å². The number of carbonyl (C=O) groups excluding carboxylic acids is 1. The SMILES string of the molecule is Cc1ccc(-c2csc(NC(=O)[C@H]3C[C@H]3C)n2)cc1C. The maximum atomic E-state index is 11.9. The van der Waals surface area contributed by atoms with Crippen molar-refractivity contribution in [2.75, 3.05) is 5.32 Å². The molecular formula is C16H18N2OS. The predicted octanol–water partition coefficient (Wildman–Crippen LogP) is 4.02. The van der Waals surface area contributed by atoms with Gasteiger partial charge in [0.05, 0.1) is 5.69 Å². The van der Waals surface area contributed by atoms with Crippen molar-refractivity contribution in [3.05, 3.63) is 34.7 Å². The summed E-state index contributed by atoms with van der Waals surface area (Å²) >= 11 is 1.49. The summed E-state index contributed by atoms with van der Waals surface area (Å²) in [6.07, 6.45) is 1.00. The Bertz CT molecular complexity index is 662.